The number of carbonyl (C=O) groups excluding carboxylic acids is 1. The fraction of sp³-hybridized carbons (Fsp3) is 0.385. The Morgan fingerprint density at radius 2 is 2.00 bits per heavy atom. The average Bonchev–Trinajstić information content (AvgIpc) is 2.47. The predicted molar refractivity (Wildman–Crippen MR) is 74.1 cm³/mol. The van der Waals surface area contributed by atoms with Gasteiger partial charge in [0.15, 0.2) is 0 Å². The largest absolute Gasteiger partial charge is 0.480 e. The lowest BCUT2D eigenvalue weighted by molar-refractivity contribution is -0.142. The van der Waals surface area contributed by atoms with E-state index < -0.39 is 27.9 Å². The van der Waals surface area contributed by atoms with Crippen LogP contribution in [-0.4, -0.2) is 42.3 Å². The fourth-order valence-corrected chi connectivity index (χ4v) is 4.08. The van der Waals surface area contributed by atoms with Crippen LogP contribution < -0.4 is 5.73 Å². The number of primary amides is 1. The molecule has 1 aliphatic rings. The maximum absolute atomic E-state index is 12.6. The first kappa shape index (κ1) is 15.5. The zero-order chi connectivity index (χ0) is 15.6. The van der Waals surface area contributed by atoms with Gasteiger partial charge in [0, 0.05) is 12.1 Å². The Hall–Kier alpha value is -1.93. The highest BCUT2D eigenvalue weighted by atomic mass is 32.2. The van der Waals surface area contributed by atoms with Gasteiger partial charge < -0.3 is 10.8 Å². The molecule has 0 bridgehead atoms. The molecule has 7 nitrogen and oxygen atoms in total. The first-order valence-corrected chi connectivity index (χ1v) is 7.92. The quantitative estimate of drug-likeness (QED) is 0.835. The summed E-state index contributed by atoms with van der Waals surface area (Å²) < 4.78 is 26.2. The number of carboxylic acids is 1. The van der Waals surface area contributed by atoms with Crippen LogP contribution in [0.15, 0.2) is 29.2 Å². The van der Waals surface area contributed by atoms with Gasteiger partial charge in [-0.05, 0) is 37.5 Å². The Labute approximate surface area is 122 Å². The number of carboxylic acid groups (broad SMARTS) is 1. The average molecular weight is 312 g/mol. The molecule has 1 unspecified atom stereocenters. The van der Waals surface area contributed by atoms with Crippen LogP contribution in [0.3, 0.4) is 0 Å². The van der Waals surface area contributed by atoms with Gasteiger partial charge in [-0.2, -0.15) is 4.31 Å². The van der Waals surface area contributed by atoms with Crippen molar-refractivity contribution in [1.82, 2.24) is 4.31 Å². The molecule has 1 aliphatic heterocycles. The molecule has 0 radical (unpaired) electrons. The number of amides is 1. The second-order valence-corrected chi connectivity index (χ2v) is 6.75. The maximum atomic E-state index is 12.6. The highest BCUT2D eigenvalue weighted by molar-refractivity contribution is 7.89. The van der Waals surface area contributed by atoms with E-state index >= 15 is 0 Å². The molecule has 1 atom stereocenters. The number of hydrogen-bond donors (Lipinski definition) is 2. The first-order chi connectivity index (χ1) is 9.84. The van der Waals surface area contributed by atoms with E-state index in [1.807, 2.05) is 0 Å². The van der Waals surface area contributed by atoms with Gasteiger partial charge in [-0.15, -0.1) is 0 Å². The number of aliphatic carboxylic acids is 1. The van der Waals surface area contributed by atoms with Crippen LogP contribution in [0.25, 0.3) is 0 Å². The molecule has 1 fully saturated rings. The topological polar surface area (TPSA) is 118 Å². The standard InChI is InChI=1S/C13H16N2O5S/c14-12(16)9-4-3-5-10(8-9)21(19,20)15-7-2-1-6-11(15)13(17)18/h3-5,8,11H,1-2,6-7H2,(H2,14,16)(H,17,18). The Bertz CT molecular complexity index is 671. The number of piperidine rings is 1. The zero-order valence-corrected chi connectivity index (χ0v) is 12.0. The van der Waals surface area contributed by atoms with Gasteiger partial charge >= 0.3 is 5.97 Å². The number of sulfonamides is 1. The minimum absolute atomic E-state index is 0.0694. The summed E-state index contributed by atoms with van der Waals surface area (Å²) in [5.74, 6) is -1.90. The monoisotopic (exact) mass is 312 g/mol. The van der Waals surface area contributed by atoms with Crippen molar-refractivity contribution in [3.05, 3.63) is 29.8 Å². The van der Waals surface area contributed by atoms with E-state index in [1.165, 1.54) is 24.3 Å². The lowest BCUT2D eigenvalue weighted by Gasteiger charge is -2.31. The molecule has 0 saturated carbocycles. The molecule has 3 N–H and O–H groups in total. The van der Waals surface area contributed by atoms with E-state index in [2.05, 4.69) is 0 Å². The second kappa shape index (κ2) is 5.82. The second-order valence-electron chi connectivity index (χ2n) is 4.86. The van der Waals surface area contributed by atoms with Crippen molar-refractivity contribution >= 4 is 21.9 Å². The van der Waals surface area contributed by atoms with E-state index in [1.54, 1.807) is 0 Å². The van der Waals surface area contributed by atoms with Crippen molar-refractivity contribution in [2.75, 3.05) is 6.54 Å². The molecule has 1 saturated heterocycles. The molecule has 114 valence electrons. The van der Waals surface area contributed by atoms with Crippen molar-refractivity contribution in [3.8, 4) is 0 Å². The van der Waals surface area contributed by atoms with Crippen LogP contribution in [0, 0.1) is 0 Å². The van der Waals surface area contributed by atoms with Crippen LogP contribution >= 0.6 is 0 Å². The number of carbonyl (C=O) groups is 2. The van der Waals surface area contributed by atoms with Gasteiger partial charge in [0.25, 0.3) is 0 Å². The summed E-state index contributed by atoms with van der Waals surface area (Å²) in [5.41, 5.74) is 5.21. The summed E-state index contributed by atoms with van der Waals surface area (Å²) in [6, 6.07) is 4.25. The lowest BCUT2D eigenvalue weighted by atomic mass is 10.1. The number of benzene rings is 1. The third-order valence-electron chi connectivity index (χ3n) is 3.46. The Morgan fingerprint density at radius 1 is 1.29 bits per heavy atom. The van der Waals surface area contributed by atoms with Crippen molar-refractivity contribution in [1.29, 1.82) is 0 Å². The minimum Gasteiger partial charge on any atom is -0.480 e. The summed E-state index contributed by atoms with van der Waals surface area (Å²) >= 11 is 0. The van der Waals surface area contributed by atoms with Crippen LogP contribution in [0.1, 0.15) is 29.6 Å². The van der Waals surface area contributed by atoms with Crippen LogP contribution in [-0.2, 0) is 14.8 Å². The molecule has 8 heteroatoms. The molecular formula is C13H16N2O5S. The smallest absolute Gasteiger partial charge is 0.322 e. The van der Waals surface area contributed by atoms with Gasteiger partial charge in [-0.3, -0.25) is 9.59 Å². The molecule has 0 aromatic heterocycles. The van der Waals surface area contributed by atoms with Crippen molar-refractivity contribution in [2.24, 2.45) is 5.73 Å². The highest BCUT2D eigenvalue weighted by Gasteiger charge is 2.37. The molecule has 1 heterocycles. The normalized spacial score (nSPS) is 20.1. The van der Waals surface area contributed by atoms with Crippen LogP contribution in [0.2, 0.25) is 0 Å². The molecule has 0 aliphatic carbocycles. The van der Waals surface area contributed by atoms with Gasteiger partial charge in [-0.25, -0.2) is 8.42 Å². The molecule has 0 spiro atoms. The summed E-state index contributed by atoms with van der Waals surface area (Å²) in [6.45, 7) is 0.153. The number of nitrogens with zero attached hydrogens (tertiary/aromatic N) is 1. The zero-order valence-electron chi connectivity index (χ0n) is 11.2. The number of hydrogen-bond acceptors (Lipinski definition) is 4. The van der Waals surface area contributed by atoms with E-state index in [0.717, 1.165) is 4.31 Å². The van der Waals surface area contributed by atoms with E-state index in [4.69, 9.17) is 5.73 Å². The van der Waals surface area contributed by atoms with Gasteiger partial charge in [0.2, 0.25) is 15.9 Å². The molecule has 1 aromatic carbocycles. The third kappa shape index (κ3) is 3.06. The number of nitrogens with two attached hydrogens (primary N) is 1. The van der Waals surface area contributed by atoms with Gasteiger partial charge in [-0.1, -0.05) is 6.07 Å². The molecule has 2 rings (SSSR count). The SMILES string of the molecule is NC(=O)c1cccc(S(=O)(=O)N2CCCCC2C(=O)O)c1. The van der Waals surface area contributed by atoms with Crippen LogP contribution in [0.5, 0.6) is 0 Å². The van der Waals surface area contributed by atoms with Crippen molar-refractivity contribution in [3.63, 3.8) is 0 Å². The van der Waals surface area contributed by atoms with Crippen LogP contribution in [0.4, 0.5) is 0 Å². The predicted octanol–water partition coefficient (Wildman–Crippen LogP) is 0.413. The van der Waals surface area contributed by atoms with Crippen molar-refractivity contribution < 1.29 is 23.1 Å². The summed E-state index contributed by atoms with van der Waals surface area (Å²) in [6.07, 6.45) is 1.56. The fourth-order valence-electron chi connectivity index (χ4n) is 2.38. The lowest BCUT2D eigenvalue weighted by Crippen LogP contribution is -2.47. The molecule has 21 heavy (non-hydrogen) atoms. The summed E-state index contributed by atoms with van der Waals surface area (Å²) in [7, 11) is -3.97. The van der Waals surface area contributed by atoms with E-state index in [0.29, 0.717) is 12.8 Å². The Balaban J connectivity index is 2.43. The van der Waals surface area contributed by atoms with Gasteiger partial charge in [0.05, 0.1) is 4.90 Å². The first-order valence-electron chi connectivity index (χ1n) is 6.48. The molecule has 1 aromatic rings. The Morgan fingerprint density at radius 3 is 2.62 bits per heavy atom. The highest BCUT2D eigenvalue weighted by Crippen LogP contribution is 2.26. The minimum atomic E-state index is -3.97. The van der Waals surface area contributed by atoms with E-state index in [9.17, 15) is 23.1 Å². The maximum Gasteiger partial charge on any atom is 0.322 e. The van der Waals surface area contributed by atoms with E-state index in [-0.39, 0.29) is 23.4 Å². The third-order valence-corrected chi connectivity index (χ3v) is 5.37. The summed E-state index contributed by atoms with van der Waals surface area (Å²) in [5, 5.41) is 9.18. The molecular weight excluding hydrogens is 296 g/mol. The Kier molecular flexibility index (Phi) is 4.29. The van der Waals surface area contributed by atoms with Crippen molar-refractivity contribution in [2.45, 2.75) is 30.2 Å². The summed E-state index contributed by atoms with van der Waals surface area (Å²) in [4.78, 5) is 22.3. The molecule has 1 amide bonds. The van der Waals surface area contributed by atoms with Gasteiger partial charge in [0.1, 0.15) is 6.04 Å². The number of rotatable bonds is 4.